The first kappa shape index (κ1) is 23.3. The Labute approximate surface area is 198 Å². The van der Waals surface area contributed by atoms with Gasteiger partial charge in [-0.25, -0.2) is 8.42 Å². The number of aryl methyl sites for hydroxylation is 1. The number of ether oxygens (including phenoxy) is 1. The number of morpholine rings is 1. The van der Waals surface area contributed by atoms with Gasteiger partial charge in [0.15, 0.2) is 0 Å². The summed E-state index contributed by atoms with van der Waals surface area (Å²) in [7, 11) is -2.20. The molecule has 9 heteroatoms. The highest BCUT2D eigenvalue weighted by Crippen LogP contribution is 2.26. The van der Waals surface area contributed by atoms with E-state index < -0.39 is 10.0 Å². The van der Waals surface area contributed by atoms with Crippen LogP contribution in [0.3, 0.4) is 0 Å². The maximum absolute atomic E-state index is 13.1. The van der Waals surface area contributed by atoms with Crippen LogP contribution in [0, 0.1) is 6.92 Å². The number of hydrogen-bond donors (Lipinski definition) is 1. The number of benzene rings is 2. The van der Waals surface area contributed by atoms with E-state index >= 15 is 0 Å². The van der Waals surface area contributed by atoms with Crippen molar-refractivity contribution in [1.29, 1.82) is 0 Å². The van der Waals surface area contributed by atoms with Crippen molar-refractivity contribution in [2.24, 2.45) is 0 Å². The Kier molecular flexibility index (Phi) is 7.02. The normalized spacial score (nSPS) is 14.2. The molecule has 0 aliphatic carbocycles. The fourth-order valence-corrected chi connectivity index (χ4v) is 6.13. The van der Waals surface area contributed by atoms with Crippen LogP contribution in [0.4, 0.5) is 11.4 Å². The summed E-state index contributed by atoms with van der Waals surface area (Å²) in [5, 5.41) is 1.63. The predicted molar refractivity (Wildman–Crippen MR) is 132 cm³/mol. The number of thiophene rings is 1. The van der Waals surface area contributed by atoms with E-state index in [1.54, 1.807) is 29.5 Å². The highest BCUT2D eigenvalue weighted by atomic mass is 32.2. The first-order chi connectivity index (χ1) is 15.8. The van der Waals surface area contributed by atoms with Crippen molar-refractivity contribution < 1.29 is 17.9 Å². The maximum atomic E-state index is 13.1. The highest BCUT2D eigenvalue weighted by molar-refractivity contribution is 7.93. The average molecular weight is 486 g/mol. The SMILES string of the molecule is Cc1ccc(NS(=O)(=O)c2ccsc2C(=O)N(C)Cc2ccc(N3CCOCC3)cc2)cc1. The average Bonchev–Trinajstić information content (AvgIpc) is 3.32. The lowest BCUT2D eigenvalue weighted by atomic mass is 10.1. The molecule has 0 atom stereocenters. The van der Waals surface area contributed by atoms with Gasteiger partial charge in [-0.2, -0.15) is 0 Å². The molecule has 1 fully saturated rings. The van der Waals surface area contributed by atoms with Crippen molar-refractivity contribution in [3.05, 3.63) is 76.0 Å². The van der Waals surface area contributed by atoms with Crippen LogP contribution in [0.2, 0.25) is 0 Å². The molecule has 33 heavy (non-hydrogen) atoms. The van der Waals surface area contributed by atoms with Crippen LogP contribution in [0.5, 0.6) is 0 Å². The first-order valence-electron chi connectivity index (χ1n) is 10.7. The molecule has 2 heterocycles. The maximum Gasteiger partial charge on any atom is 0.265 e. The third kappa shape index (κ3) is 5.55. The van der Waals surface area contributed by atoms with Gasteiger partial charge in [0.05, 0.1) is 13.2 Å². The second kappa shape index (κ2) is 9.94. The van der Waals surface area contributed by atoms with Gasteiger partial charge in [-0.15, -0.1) is 11.3 Å². The van der Waals surface area contributed by atoms with Gasteiger partial charge in [-0.05, 0) is 48.2 Å². The van der Waals surface area contributed by atoms with Crippen molar-refractivity contribution >= 4 is 38.6 Å². The monoisotopic (exact) mass is 485 g/mol. The zero-order valence-electron chi connectivity index (χ0n) is 18.7. The molecule has 1 N–H and O–H groups in total. The van der Waals surface area contributed by atoms with Crippen LogP contribution >= 0.6 is 11.3 Å². The van der Waals surface area contributed by atoms with Crippen molar-refractivity contribution in [3.8, 4) is 0 Å². The van der Waals surface area contributed by atoms with Gasteiger partial charge in [0.25, 0.3) is 15.9 Å². The molecule has 3 aromatic rings. The molecule has 0 unspecified atom stereocenters. The largest absolute Gasteiger partial charge is 0.378 e. The van der Waals surface area contributed by atoms with Gasteiger partial charge in [0, 0.05) is 38.1 Å². The topological polar surface area (TPSA) is 79.0 Å². The van der Waals surface area contributed by atoms with Crippen LogP contribution < -0.4 is 9.62 Å². The second-order valence-electron chi connectivity index (χ2n) is 8.01. The number of carbonyl (C=O) groups excluding carboxylic acids is 1. The molecule has 1 aliphatic heterocycles. The second-order valence-corrected chi connectivity index (χ2v) is 10.6. The Morgan fingerprint density at radius 3 is 2.39 bits per heavy atom. The summed E-state index contributed by atoms with van der Waals surface area (Å²) in [6, 6.07) is 16.6. The van der Waals surface area contributed by atoms with Crippen LogP contribution in [0.15, 0.2) is 64.9 Å². The molecule has 174 valence electrons. The Bertz CT molecular complexity index is 1200. The minimum Gasteiger partial charge on any atom is -0.378 e. The van der Waals surface area contributed by atoms with Crippen LogP contribution in [-0.4, -0.2) is 52.6 Å². The van der Waals surface area contributed by atoms with Gasteiger partial charge < -0.3 is 14.5 Å². The lowest BCUT2D eigenvalue weighted by molar-refractivity contribution is 0.0786. The van der Waals surface area contributed by atoms with Crippen molar-refractivity contribution in [3.63, 3.8) is 0 Å². The van der Waals surface area contributed by atoms with Gasteiger partial charge in [0.1, 0.15) is 9.77 Å². The fraction of sp³-hybridized carbons (Fsp3) is 0.292. The Hall–Kier alpha value is -2.88. The predicted octanol–water partition coefficient (Wildman–Crippen LogP) is 3.97. The minimum atomic E-state index is -3.89. The quantitative estimate of drug-likeness (QED) is 0.548. The molecule has 7 nitrogen and oxygen atoms in total. The van der Waals surface area contributed by atoms with Crippen molar-refractivity contribution in [2.45, 2.75) is 18.4 Å². The molecule has 0 bridgehead atoms. The van der Waals surface area contributed by atoms with E-state index in [0.717, 1.165) is 54.5 Å². The number of nitrogens with one attached hydrogen (secondary N) is 1. The molecular weight excluding hydrogens is 458 g/mol. The minimum absolute atomic E-state index is 0.00686. The summed E-state index contributed by atoms with van der Waals surface area (Å²) in [6.45, 7) is 5.49. The zero-order valence-corrected chi connectivity index (χ0v) is 20.3. The summed E-state index contributed by atoms with van der Waals surface area (Å²) >= 11 is 1.13. The molecule has 1 saturated heterocycles. The number of hydrogen-bond acceptors (Lipinski definition) is 6. The molecule has 0 saturated carbocycles. The summed E-state index contributed by atoms with van der Waals surface area (Å²) in [4.78, 5) is 17.1. The van der Waals surface area contributed by atoms with Crippen LogP contribution in [-0.2, 0) is 21.3 Å². The molecule has 4 rings (SSSR count). The molecule has 1 aromatic heterocycles. The van der Waals surface area contributed by atoms with Crippen molar-refractivity contribution in [1.82, 2.24) is 4.90 Å². The van der Waals surface area contributed by atoms with Gasteiger partial charge in [-0.3, -0.25) is 9.52 Å². The highest BCUT2D eigenvalue weighted by Gasteiger charge is 2.26. The van der Waals surface area contributed by atoms with E-state index in [-0.39, 0.29) is 15.7 Å². The molecule has 0 spiro atoms. The number of rotatable bonds is 7. The lowest BCUT2D eigenvalue weighted by Crippen LogP contribution is -2.36. The third-order valence-electron chi connectivity index (χ3n) is 5.50. The van der Waals surface area contributed by atoms with Crippen LogP contribution in [0.1, 0.15) is 20.8 Å². The summed E-state index contributed by atoms with van der Waals surface area (Å²) in [5.74, 6) is -0.327. The standard InChI is InChI=1S/C24H27N3O4S2/c1-18-3-7-20(8-4-18)25-33(29,30)22-11-16-32-23(22)24(28)26(2)17-19-5-9-21(10-6-19)27-12-14-31-15-13-27/h3-11,16,25H,12-15,17H2,1-2H3. The fourth-order valence-electron chi connectivity index (χ4n) is 3.65. The van der Waals surface area contributed by atoms with E-state index in [1.807, 2.05) is 43.3 Å². The van der Waals surface area contributed by atoms with Gasteiger partial charge >= 0.3 is 0 Å². The smallest absolute Gasteiger partial charge is 0.265 e. The Morgan fingerprint density at radius 2 is 1.73 bits per heavy atom. The Morgan fingerprint density at radius 1 is 1.06 bits per heavy atom. The van der Waals surface area contributed by atoms with E-state index in [4.69, 9.17) is 4.74 Å². The number of sulfonamides is 1. The molecule has 0 radical (unpaired) electrons. The number of nitrogens with zero attached hydrogens (tertiary/aromatic N) is 2. The summed E-state index contributed by atoms with van der Waals surface area (Å²) in [5.41, 5.74) is 3.59. The van der Waals surface area contributed by atoms with E-state index in [1.165, 1.54) is 6.07 Å². The third-order valence-corrected chi connectivity index (χ3v) is 7.95. The Balaban J connectivity index is 1.45. The van der Waals surface area contributed by atoms with Gasteiger partial charge in [0.2, 0.25) is 0 Å². The number of carbonyl (C=O) groups is 1. The number of amides is 1. The van der Waals surface area contributed by atoms with E-state index in [2.05, 4.69) is 9.62 Å². The molecule has 2 aromatic carbocycles. The molecular formula is C24H27N3O4S2. The molecule has 1 amide bonds. The zero-order chi connectivity index (χ0) is 23.4. The summed E-state index contributed by atoms with van der Waals surface area (Å²) < 4.78 is 33.9. The summed E-state index contributed by atoms with van der Waals surface area (Å²) in [6.07, 6.45) is 0. The number of anilines is 2. The van der Waals surface area contributed by atoms with Crippen molar-refractivity contribution in [2.75, 3.05) is 43.0 Å². The molecule has 1 aliphatic rings. The van der Waals surface area contributed by atoms with E-state index in [0.29, 0.717) is 12.2 Å². The van der Waals surface area contributed by atoms with Gasteiger partial charge in [-0.1, -0.05) is 29.8 Å². The lowest BCUT2D eigenvalue weighted by Gasteiger charge is -2.29. The first-order valence-corrected chi connectivity index (χ1v) is 13.0. The van der Waals surface area contributed by atoms with E-state index in [9.17, 15) is 13.2 Å². The van der Waals surface area contributed by atoms with Crippen LogP contribution in [0.25, 0.3) is 0 Å².